The van der Waals surface area contributed by atoms with Gasteiger partial charge in [-0.2, -0.15) is 18.3 Å². The zero-order valence-electron chi connectivity index (χ0n) is 19.6. The Hall–Kier alpha value is -2.99. The van der Waals surface area contributed by atoms with Crippen LogP contribution < -0.4 is 10.1 Å². The first kappa shape index (κ1) is 23.7. The first-order valence-corrected chi connectivity index (χ1v) is 11.6. The minimum Gasteiger partial charge on any atom is -0.497 e. The van der Waals surface area contributed by atoms with Crippen LogP contribution in [0.4, 0.5) is 13.2 Å². The van der Waals surface area contributed by atoms with E-state index >= 15 is 0 Å². The number of tetrazole rings is 1. The lowest BCUT2D eigenvalue weighted by Gasteiger charge is -2.51. The highest BCUT2D eigenvalue weighted by atomic mass is 19.4. The van der Waals surface area contributed by atoms with E-state index in [2.05, 4.69) is 25.9 Å². The molecule has 1 saturated carbocycles. The highest BCUT2D eigenvalue weighted by molar-refractivity contribution is 5.31. The van der Waals surface area contributed by atoms with Crippen molar-refractivity contribution in [3.05, 3.63) is 53.1 Å². The summed E-state index contributed by atoms with van der Waals surface area (Å²) in [6.45, 7) is 1.46. The number of nitrogens with one attached hydrogen (secondary N) is 1. The summed E-state index contributed by atoms with van der Waals surface area (Å²) >= 11 is 0. The van der Waals surface area contributed by atoms with Gasteiger partial charge in [0, 0.05) is 36.9 Å². The van der Waals surface area contributed by atoms with Crippen LogP contribution in [0.25, 0.3) is 0 Å². The highest BCUT2D eigenvalue weighted by Gasteiger charge is 2.48. The van der Waals surface area contributed by atoms with E-state index in [0.717, 1.165) is 24.8 Å². The van der Waals surface area contributed by atoms with E-state index in [1.807, 2.05) is 24.3 Å². The van der Waals surface area contributed by atoms with Crippen molar-refractivity contribution in [2.75, 3.05) is 20.3 Å². The van der Waals surface area contributed by atoms with Gasteiger partial charge in [0.25, 0.3) is 0 Å². The summed E-state index contributed by atoms with van der Waals surface area (Å²) in [4.78, 5) is 0. The summed E-state index contributed by atoms with van der Waals surface area (Å²) in [6.07, 6.45) is 0.537. The second kappa shape index (κ2) is 9.23. The zero-order valence-corrected chi connectivity index (χ0v) is 19.6. The maximum Gasteiger partial charge on any atom is 0.435 e. The smallest absolute Gasteiger partial charge is 0.435 e. The third-order valence-corrected chi connectivity index (χ3v) is 7.14. The number of methoxy groups -OCH3 is 1. The predicted molar refractivity (Wildman–Crippen MR) is 119 cm³/mol. The Morgan fingerprint density at radius 3 is 2.69 bits per heavy atom. The molecule has 3 aromatic rings. The van der Waals surface area contributed by atoms with Crippen molar-refractivity contribution in [2.24, 2.45) is 12.5 Å². The number of nitrogens with zero attached hydrogens (tertiary/aromatic N) is 6. The number of rotatable bonds is 7. The molecule has 2 unspecified atom stereocenters. The van der Waals surface area contributed by atoms with Gasteiger partial charge in [0.2, 0.25) is 0 Å². The monoisotopic (exact) mass is 491 g/mol. The maximum atomic E-state index is 14.0. The van der Waals surface area contributed by atoms with E-state index < -0.39 is 17.9 Å². The summed E-state index contributed by atoms with van der Waals surface area (Å²) in [7, 11) is 3.07. The molecular weight excluding hydrogens is 463 g/mol. The number of hydrogen-bond acceptors (Lipinski definition) is 7. The maximum absolute atomic E-state index is 14.0. The molecular formula is C23H28F3N7O2. The highest BCUT2D eigenvalue weighted by Crippen LogP contribution is 2.48. The van der Waals surface area contributed by atoms with E-state index in [0.29, 0.717) is 37.8 Å². The van der Waals surface area contributed by atoms with Gasteiger partial charge in [0.1, 0.15) is 5.75 Å². The molecule has 0 amide bonds. The van der Waals surface area contributed by atoms with Gasteiger partial charge in [0.05, 0.1) is 26.3 Å². The van der Waals surface area contributed by atoms with E-state index in [4.69, 9.17) is 9.47 Å². The Balaban J connectivity index is 1.53. The summed E-state index contributed by atoms with van der Waals surface area (Å²) < 4.78 is 55.7. The van der Waals surface area contributed by atoms with Gasteiger partial charge >= 0.3 is 6.18 Å². The molecule has 3 heterocycles. The van der Waals surface area contributed by atoms with Crippen LogP contribution in [0.2, 0.25) is 0 Å². The van der Waals surface area contributed by atoms with Crippen molar-refractivity contribution in [2.45, 2.75) is 50.5 Å². The summed E-state index contributed by atoms with van der Waals surface area (Å²) in [5.74, 6) is 1.01. The van der Waals surface area contributed by atoms with Gasteiger partial charge in [-0.25, -0.2) is 4.68 Å². The second-order valence-corrected chi connectivity index (χ2v) is 9.36. The Kier molecular flexibility index (Phi) is 6.26. The average molecular weight is 492 g/mol. The molecule has 1 spiro atoms. The first-order valence-electron chi connectivity index (χ1n) is 11.6. The average Bonchev–Trinajstić information content (AvgIpc) is 3.43. The molecule has 9 nitrogen and oxygen atoms in total. The van der Waals surface area contributed by atoms with Crippen molar-refractivity contribution >= 4 is 0 Å². The van der Waals surface area contributed by atoms with E-state index in [-0.39, 0.29) is 17.0 Å². The minimum absolute atomic E-state index is 0.00625. The number of aromatic nitrogens is 6. The van der Waals surface area contributed by atoms with Crippen molar-refractivity contribution in [3.8, 4) is 5.75 Å². The predicted octanol–water partition coefficient (Wildman–Crippen LogP) is 3.12. The van der Waals surface area contributed by atoms with Gasteiger partial charge < -0.3 is 9.47 Å². The number of alkyl halides is 3. The van der Waals surface area contributed by atoms with Crippen molar-refractivity contribution in [3.63, 3.8) is 0 Å². The third kappa shape index (κ3) is 4.64. The third-order valence-electron chi connectivity index (χ3n) is 7.14. The largest absolute Gasteiger partial charge is 0.497 e. The van der Waals surface area contributed by atoms with E-state index in [1.54, 1.807) is 11.8 Å². The summed E-state index contributed by atoms with van der Waals surface area (Å²) in [6, 6.07) is 6.47. The number of halogens is 3. The van der Waals surface area contributed by atoms with Gasteiger partial charge in [-0.1, -0.05) is 18.6 Å². The topological polar surface area (TPSA) is 91.9 Å². The molecule has 2 fully saturated rings. The second-order valence-electron chi connectivity index (χ2n) is 9.36. The van der Waals surface area contributed by atoms with Crippen LogP contribution in [-0.2, 0) is 24.5 Å². The normalized spacial score (nSPS) is 20.5. The van der Waals surface area contributed by atoms with Crippen LogP contribution in [0, 0.1) is 5.41 Å². The fraction of sp³-hybridized carbons (Fsp3) is 0.565. The molecule has 0 radical (unpaired) electrons. The van der Waals surface area contributed by atoms with Gasteiger partial charge in [-0.3, -0.25) is 10.00 Å². The van der Waals surface area contributed by atoms with Crippen LogP contribution in [0.3, 0.4) is 0 Å². The number of ether oxygens (including phenoxy) is 2. The van der Waals surface area contributed by atoms with E-state index in [1.165, 1.54) is 17.9 Å². The van der Waals surface area contributed by atoms with Crippen molar-refractivity contribution in [1.29, 1.82) is 0 Å². The molecule has 1 saturated heterocycles. The van der Waals surface area contributed by atoms with Crippen LogP contribution in [0.5, 0.6) is 5.75 Å². The first-order chi connectivity index (χ1) is 16.8. The Bertz CT molecular complexity index is 1150. The number of hydrogen-bond donors (Lipinski definition) is 1. The molecule has 35 heavy (non-hydrogen) atoms. The molecule has 188 valence electrons. The molecule has 0 bridgehead atoms. The zero-order chi connectivity index (χ0) is 24.6. The summed E-state index contributed by atoms with van der Waals surface area (Å²) in [5, 5.41) is 19.4. The van der Waals surface area contributed by atoms with E-state index in [9.17, 15) is 13.2 Å². The molecule has 1 aromatic carbocycles. The molecule has 2 aromatic heterocycles. The molecule has 5 rings (SSSR count). The van der Waals surface area contributed by atoms with Crippen molar-refractivity contribution in [1.82, 2.24) is 35.3 Å². The van der Waals surface area contributed by atoms with Crippen LogP contribution in [0.1, 0.15) is 54.4 Å². The number of benzene rings is 1. The fourth-order valence-corrected chi connectivity index (χ4v) is 5.14. The lowest BCUT2D eigenvalue weighted by atomic mass is 9.62. The lowest BCUT2D eigenvalue weighted by Crippen LogP contribution is -2.56. The Labute approximate surface area is 200 Å². The molecule has 12 heteroatoms. The Morgan fingerprint density at radius 1 is 1.26 bits per heavy atom. The minimum atomic E-state index is -4.62. The Morgan fingerprint density at radius 2 is 2.03 bits per heavy atom. The molecule has 2 aliphatic rings. The fourth-order valence-electron chi connectivity index (χ4n) is 5.14. The summed E-state index contributed by atoms with van der Waals surface area (Å²) in [5.41, 5.74) is -0.120. The van der Waals surface area contributed by atoms with Crippen LogP contribution in [-0.4, -0.2) is 56.4 Å². The van der Waals surface area contributed by atoms with Gasteiger partial charge in [0.15, 0.2) is 11.5 Å². The van der Waals surface area contributed by atoms with Gasteiger partial charge in [-0.05, 0) is 47.4 Å². The van der Waals surface area contributed by atoms with Crippen LogP contribution >= 0.6 is 0 Å². The van der Waals surface area contributed by atoms with Crippen molar-refractivity contribution < 1.29 is 22.6 Å². The van der Waals surface area contributed by atoms with Gasteiger partial charge in [-0.15, -0.1) is 5.10 Å². The standard InChI is InChI=1S/C23H28F3N7O2/c1-32-13-17(20(29-32)23(24,25)26)19(27-18-8-11-35-14-22(18)9-3-10-22)21-28-30-31-33(21)12-15-4-6-16(34-2)7-5-15/h4-7,13,18-19,27H,3,8-12,14H2,1-2H3. The molecule has 2 atom stereocenters. The number of aryl methyl sites for hydroxylation is 1. The van der Waals surface area contributed by atoms with Crippen LogP contribution in [0.15, 0.2) is 30.5 Å². The molecule has 1 aliphatic heterocycles. The lowest BCUT2D eigenvalue weighted by molar-refractivity contribution is -0.142. The quantitative estimate of drug-likeness (QED) is 0.543. The molecule has 1 N–H and O–H groups in total. The molecule has 1 aliphatic carbocycles. The SMILES string of the molecule is COc1ccc(Cn2nnnc2C(NC2CCOCC23CCC3)c2cn(C)nc2C(F)(F)F)cc1.